The van der Waals surface area contributed by atoms with E-state index in [4.69, 9.17) is 5.11 Å². The van der Waals surface area contributed by atoms with E-state index in [1.54, 1.807) is 0 Å². The van der Waals surface area contributed by atoms with Gasteiger partial charge in [-0.2, -0.15) is 0 Å². The van der Waals surface area contributed by atoms with Gasteiger partial charge in [0.1, 0.15) is 0 Å². The highest BCUT2D eigenvalue weighted by molar-refractivity contribution is 5.76. The van der Waals surface area contributed by atoms with Gasteiger partial charge in [0.15, 0.2) is 12.7 Å². The zero-order valence-corrected chi connectivity index (χ0v) is 20.5. The molecule has 178 valence electrons. The molecule has 0 aliphatic heterocycles. The van der Waals surface area contributed by atoms with Crippen LogP contribution in [0.3, 0.4) is 0 Å². The number of carbonyl (C=O) groups excluding carboxylic acids is 1. The molecule has 0 heterocycles. The first-order valence-electron chi connectivity index (χ1n) is 12.7. The SMILES string of the molecule is CCCCCCCCCCCCCCCCCC(=O)NC(CC)[N+](C)(C)CC(=O)O. The van der Waals surface area contributed by atoms with Crippen molar-refractivity contribution in [2.24, 2.45) is 0 Å². The van der Waals surface area contributed by atoms with Crippen molar-refractivity contribution in [3.63, 3.8) is 0 Å². The number of rotatable bonds is 21. The van der Waals surface area contributed by atoms with Crippen molar-refractivity contribution >= 4 is 11.9 Å². The number of carbonyl (C=O) groups is 2. The molecule has 1 unspecified atom stereocenters. The maximum atomic E-state index is 12.2. The third kappa shape index (κ3) is 16.7. The lowest BCUT2D eigenvalue weighted by Gasteiger charge is -2.36. The number of unbranched alkanes of at least 4 members (excludes halogenated alkanes) is 14. The summed E-state index contributed by atoms with van der Waals surface area (Å²) >= 11 is 0. The Morgan fingerprint density at radius 2 is 1.13 bits per heavy atom. The van der Waals surface area contributed by atoms with E-state index < -0.39 is 5.97 Å². The van der Waals surface area contributed by atoms with Crippen LogP contribution in [0.25, 0.3) is 0 Å². The molecule has 2 N–H and O–H groups in total. The number of quaternary nitrogens is 1. The number of likely N-dealkylation sites (N-methyl/N-ethyl adjacent to an activating group) is 1. The van der Waals surface area contributed by atoms with Crippen LogP contribution in [-0.2, 0) is 9.59 Å². The summed E-state index contributed by atoms with van der Waals surface area (Å²) in [6.07, 6.45) is 20.9. The normalized spacial score (nSPS) is 12.7. The Morgan fingerprint density at radius 1 is 0.733 bits per heavy atom. The molecular formula is C25H51N2O3+. The van der Waals surface area contributed by atoms with Gasteiger partial charge in [-0.15, -0.1) is 0 Å². The van der Waals surface area contributed by atoms with Gasteiger partial charge in [-0.25, -0.2) is 4.79 Å². The molecule has 30 heavy (non-hydrogen) atoms. The van der Waals surface area contributed by atoms with E-state index in [1.165, 1.54) is 83.5 Å². The Morgan fingerprint density at radius 3 is 1.50 bits per heavy atom. The second kappa shape index (κ2) is 18.7. The number of nitrogens with zero attached hydrogens (tertiary/aromatic N) is 1. The number of carboxylic acid groups (broad SMARTS) is 1. The molecule has 0 fully saturated rings. The molecule has 1 amide bonds. The highest BCUT2D eigenvalue weighted by Crippen LogP contribution is 2.14. The number of amides is 1. The number of aliphatic carboxylic acids is 1. The standard InChI is InChI=1S/C25H50N2O3/c1-5-7-8-9-10-11-12-13-14-15-16-17-18-19-20-21-24(28)26-23(6-2)27(3,4)22-25(29)30/h23H,5-22H2,1-4H3,(H-,26,28,29,30)/p+1. The van der Waals surface area contributed by atoms with E-state index >= 15 is 0 Å². The van der Waals surface area contributed by atoms with E-state index in [2.05, 4.69) is 12.2 Å². The van der Waals surface area contributed by atoms with E-state index in [-0.39, 0.29) is 23.1 Å². The van der Waals surface area contributed by atoms with Crippen LogP contribution in [0.5, 0.6) is 0 Å². The molecule has 1 atom stereocenters. The Kier molecular flexibility index (Phi) is 18.0. The van der Waals surface area contributed by atoms with E-state index in [1.807, 2.05) is 21.0 Å². The average Bonchev–Trinajstić information content (AvgIpc) is 2.68. The summed E-state index contributed by atoms with van der Waals surface area (Å²) in [6.45, 7) is 4.27. The Labute approximate surface area is 186 Å². The van der Waals surface area contributed by atoms with E-state index in [0.29, 0.717) is 6.42 Å². The van der Waals surface area contributed by atoms with Gasteiger partial charge in [0.05, 0.1) is 14.1 Å². The molecule has 0 bridgehead atoms. The zero-order valence-electron chi connectivity index (χ0n) is 20.5. The maximum Gasteiger partial charge on any atom is 0.359 e. The Balaban J connectivity index is 3.57. The molecule has 0 saturated heterocycles. The lowest BCUT2D eigenvalue weighted by atomic mass is 10.0. The van der Waals surface area contributed by atoms with Crippen molar-refractivity contribution in [2.75, 3.05) is 20.6 Å². The summed E-state index contributed by atoms with van der Waals surface area (Å²) in [5.41, 5.74) is 0. The smallest absolute Gasteiger partial charge is 0.359 e. The van der Waals surface area contributed by atoms with Crippen molar-refractivity contribution in [2.45, 2.75) is 129 Å². The summed E-state index contributed by atoms with van der Waals surface area (Å²) in [7, 11) is 3.71. The molecule has 0 saturated carbocycles. The maximum absolute atomic E-state index is 12.2. The molecule has 0 aromatic heterocycles. The van der Waals surface area contributed by atoms with Gasteiger partial charge in [0.25, 0.3) is 0 Å². The third-order valence-electron chi connectivity index (χ3n) is 6.11. The van der Waals surface area contributed by atoms with Crippen molar-refractivity contribution < 1.29 is 19.2 Å². The van der Waals surface area contributed by atoms with Crippen LogP contribution in [0, 0.1) is 0 Å². The second-order valence-electron chi connectivity index (χ2n) is 9.52. The highest BCUT2D eigenvalue weighted by Gasteiger charge is 2.30. The van der Waals surface area contributed by atoms with Crippen LogP contribution in [0.4, 0.5) is 0 Å². The molecule has 5 nitrogen and oxygen atoms in total. The van der Waals surface area contributed by atoms with Crippen molar-refractivity contribution in [3.8, 4) is 0 Å². The molecule has 0 rings (SSSR count). The number of hydrogen-bond donors (Lipinski definition) is 2. The van der Waals surface area contributed by atoms with Crippen LogP contribution >= 0.6 is 0 Å². The highest BCUT2D eigenvalue weighted by atomic mass is 16.4. The van der Waals surface area contributed by atoms with Gasteiger partial charge >= 0.3 is 5.97 Å². The van der Waals surface area contributed by atoms with E-state index in [9.17, 15) is 9.59 Å². The lowest BCUT2D eigenvalue weighted by Crippen LogP contribution is -2.59. The van der Waals surface area contributed by atoms with Crippen molar-refractivity contribution in [3.05, 3.63) is 0 Å². The zero-order chi connectivity index (χ0) is 22.7. The van der Waals surface area contributed by atoms with Crippen LogP contribution in [0.1, 0.15) is 123 Å². The van der Waals surface area contributed by atoms with Crippen LogP contribution in [-0.4, -0.2) is 48.3 Å². The predicted molar refractivity (Wildman–Crippen MR) is 126 cm³/mol. The summed E-state index contributed by atoms with van der Waals surface area (Å²) in [5, 5.41) is 12.1. The monoisotopic (exact) mass is 427 g/mol. The first-order valence-corrected chi connectivity index (χ1v) is 12.7. The summed E-state index contributed by atoms with van der Waals surface area (Å²) in [5.74, 6) is -0.789. The van der Waals surface area contributed by atoms with Crippen molar-refractivity contribution in [1.29, 1.82) is 0 Å². The molecular weight excluding hydrogens is 376 g/mol. The van der Waals surface area contributed by atoms with Crippen LogP contribution in [0.2, 0.25) is 0 Å². The first kappa shape index (κ1) is 28.9. The van der Waals surface area contributed by atoms with Crippen LogP contribution in [0.15, 0.2) is 0 Å². The van der Waals surface area contributed by atoms with Crippen molar-refractivity contribution in [1.82, 2.24) is 5.32 Å². The topological polar surface area (TPSA) is 66.4 Å². The molecule has 0 radical (unpaired) electrons. The van der Waals surface area contributed by atoms with Gasteiger partial charge in [-0.3, -0.25) is 9.28 Å². The van der Waals surface area contributed by atoms with Gasteiger partial charge in [-0.05, 0) is 6.42 Å². The largest absolute Gasteiger partial charge is 0.477 e. The average molecular weight is 428 g/mol. The second-order valence-corrected chi connectivity index (χ2v) is 9.52. The van der Waals surface area contributed by atoms with E-state index in [0.717, 1.165) is 19.3 Å². The molecule has 5 heteroatoms. The summed E-state index contributed by atoms with van der Waals surface area (Å²) in [6, 6.07) is 0. The molecule has 0 spiro atoms. The minimum absolute atomic E-state index is 0.0117. The number of carboxylic acids is 1. The molecule has 0 aliphatic rings. The molecule has 0 aromatic carbocycles. The molecule has 0 aromatic rings. The third-order valence-corrected chi connectivity index (χ3v) is 6.11. The minimum Gasteiger partial charge on any atom is -0.477 e. The summed E-state index contributed by atoms with van der Waals surface area (Å²) < 4.78 is 0.274. The van der Waals surface area contributed by atoms with Crippen LogP contribution < -0.4 is 5.32 Å². The Bertz CT molecular complexity index is 438. The lowest BCUT2D eigenvalue weighted by molar-refractivity contribution is -0.910. The minimum atomic E-state index is -0.838. The Hall–Kier alpha value is -1.10. The quantitative estimate of drug-likeness (QED) is 0.129. The van der Waals surface area contributed by atoms with Gasteiger partial charge in [-0.1, -0.05) is 104 Å². The summed E-state index contributed by atoms with van der Waals surface area (Å²) in [4.78, 5) is 23.2. The first-order chi connectivity index (χ1) is 14.3. The van der Waals surface area contributed by atoms with Gasteiger partial charge in [0.2, 0.25) is 5.91 Å². The fourth-order valence-electron chi connectivity index (χ4n) is 4.14. The fourth-order valence-corrected chi connectivity index (χ4v) is 4.14. The molecule has 0 aliphatic carbocycles. The van der Waals surface area contributed by atoms with Gasteiger partial charge in [0, 0.05) is 12.8 Å². The fraction of sp³-hybridized carbons (Fsp3) is 0.920. The number of hydrogen-bond acceptors (Lipinski definition) is 2. The number of nitrogens with one attached hydrogen (secondary N) is 1. The predicted octanol–water partition coefficient (Wildman–Crippen LogP) is 6.26. The van der Waals surface area contributed by atoms with Gasteiger partial charge < -0.3 is 10.4 Å².